The molecule has 0 saturated carbocycles. The molecule has 2 aliphatic heterocycles. The average molecular weight is 227 g/mol. The molecule has 0 amide bonds. The number of rotatable bonds is 4. The normalized spacial score (nSPS) is 33.4. The molecular formula is C12H25N3O. The Bertz CT molecular complexity index is 204. The maximum absolute atomic E-state index is 5.54. The Morgan fingerprint density at radius 2 is 2.00 bits per heavy atom. The van der Waals surface area contributed by atoms with Crippen molar-refractivity contribution in [1.82, 2.24) is 15.1 Å². The number of ether oxygens (including phenoxy) is 1. The Morgan fingerprint density at radius 1 is 1.25 bits per heavy atom. The van der Waals surface area contributed by atoms with Crippen LogP contribution in [0.15, 0.2) is 0 Å². The minimum absolute atomic E-state index is 0.396. The van der Waals surface area contributed by atoms with Crippen molar-refractivity contribution in [2.75, 3.05) is 52.9 Å². The van der Waals surface area contributed by atoms with Gasteiger partial charge in [0.1, 0.15) is 0 Å². The molecule has 4 nitrogen and oxygen atoms in total. The summed E-state index contributed by atoms with van der Waals surface area (Å²) in [6.45, 7) is 10.2. The first-order valence-corrected chi connectivity index (χ1v) is 6.51. The average Bonchev–Trinajstić information content (AvgIpc) is 2.68. The van der Waals surface area contributed by atoms with Crippen LogP contribution >= 0.6 is 0 Å². The predicted octanol–water partition coefficient (Wildman–Crippen LogP) is 0.000800. The van der Waals surface area contributed by atoms with Crippen LogP contribution in [0.4, 0.5) is 0 Å². The molecule has 2 rings (SSSR count). The quantitative estimate of drug-likeness (QED) is 0.732. The van der Waals surface area contributed by atoms with Gasteiger partial charge in [0, 0.05) is 51.9 Å². The molecule has 0 bridgehead atoms. The zero-order valence-electron chi connectivity index (χ0n) is 10.6. The van der Waals surface area contributed by atoms with Gasteiger partial charge in [0.15, 0.2) is 0 Å². The summed E-state index contributed by atoms with van der Waals surface area (Å²) < 4.78 is 5.54. The Kier molecular flexibility index (Phi) is 4.58. The van der Waals surface area contributed by atoms with Crippen LogP contribution in [0, 0.1) is 0 Å². The molecule has 2 aliphatic rings. The van der Waals surface area contributed by atoms with Crippen molar-refractivity contribution in [3.8, 4) is 0 Å². The molecule has 2 fully saturated rings. The lowest BCUT2D eigenvalue weighted by atomic mass is 10.1. The van der Waals surface area contributed by atoms with Gasteiger partial charge >= 0.3 is 0 Å². The third-order valence-corrected chi connectivity index (χ3v) is 3.81. The van der Waals surface area contributed by atoms with Crippen LogP contribution in [0.3, 0.4) is 0 Å². The SMILES string of the molecule is CC1OCCC1NCCN1CCN(C)CC1. The molecule has 2 heterocycles. The van der Waals surface area contributed by atoms with E-state index in [0.717, 1.165) is 13.2 Å². The fourth-order valence-corrected chi connectivity index (χ4v) is 2.48. The van der Waals surface area contributed by atoms with Crippen molar-refractivity contribution in [2.45, 2.75) is 25.5 Å². The van der Waals surface area contributed by atoms with Crippen LogP contribution < -0.4 is 5.32 Å². The summed E-state index contributed by atoms with van der Waals surface area (Å²) >= 11 is 0. The van der Waals surface area contributed by atoms with Gasteiger partial charge in [0.25, 0.3) is 0 Å². The second-order valence-corrected chi connectivity index (χ2v) is 5.07. The van der Waals surface area contributed by atoms with Gasteiger partial charge in [-0.15, -0.1) is 0 Å². The molecule has 0 aliphatic carbocycles. The van der Waals surface area contributed by atoms with Crippen molar-refractivity contribution in [3.05, 3.63) is 0 Å². The Morgan fingerprint density at radius 3 is 2.62 bits per heavy atom. The predicted molar refractivity (Wildman–Crippen MR) is 65.8 cm³/mol. The molecular weight excluding hydrogens is 202 g/mol. The van der Waals surface area contributed by atoms with Gasteiger partial charge in [0.05, 0.1) is 6.10 Å². The van der Waals surface area contributed by atoms with Gasteiger partial charge in [-0.2, -0.15) is 0 Å². The van der Waals surface area contributed by atoms with Crippen LogP contribution in [0.25, 0.3) is 0 Å². The minimum Gasteiger partial charge on any atom is -0.377 e. The Balaban J connectivity index is 1.57. The van der Waals surface area contributed by atoms with Gasteiger partial charge in [-0.1, -0.05) is 0 Å². The van der Waals surface area contributed by atoms with Crippen LogP contribution in [0.2, 0.25) is 0 Å². The van der Waals surface area contributed by atoms with E-state index in [2.05, 4.69) is 29.1 Å². The highest BCUT2D eigenvalue weighted by Gasteiger charge is 2.23. The van der Waals surface area contributed by atoms with E-state index in [1.54, 1.807) is 0 Å². The van der Waals surface area contributed by atoms with E-state index >= 15 is 0 Å². The van der Waals surface area contributed by atoms with Crippen molar-refractivity contribution in [1.29, 1.82) is 0 Å². The van der Waals surface area contributed by atoms with Crippen LogP contribution in [0.5, 0.6) is 0 Å². The van der Waals surface area contributed by atoms with Crippen LogP contribution in [-0.4, -0.2) is 74.9 Å². The fraction of sp³-hybridized carbons (Fsp3) is 1.00. The molecule has 0 aromatic heterocycles. The van der Waals surface area contributed by atoms with Crippen LogP contribution in [0.1, 0.15) is 13.3 Å². The van der Waals surface area contributed by atoms with Gasteiger partial charge in [-0.3, -0.25) is 4.90 Å². The first kappa shape index (κ1) is 12.3. The van der Waals surface area contributed by atoms with Crippen molar-refractivity contribution in [2.24, 2.45) is 0 Å². The standard InChI is InChI=1S/C12H25N3O/c1-11-12(3-10-16-11)13-4-5-15-8-6-14(2)7-9-15/h11-13H,3-10H2,1-2H3. The highest BCUT2D eigenvalue weighted by molar-refractivity contribution is 4.79. The van der Waals surface area contributed by atoms with Gasteiger partial charge in [-0.05, 0) is 20.4 Å². The smallest absolute Gasteiger partial charge is 0.0700 e. The van der Waals surface area contributed by atoms with Gasteiger partial charge < -0.3 is 15.0 Å². The zero-order valence-corrected chi connectivity index (χ0v) is 10.6. The Hall–Kier alpha value is -0.160. The monoisotopic (exact) mass is 227 g/mol. The first-order chi connectivity index (χ1) is 7.75. The lowest BCUT2D eigenvalue weighted by Crippen LogP contribution is -2.47. The maximum atomic E-state index is 5.54. The second kappa shape index (κ2) is 5.96. The second-order valence-electron chi connectivity index (χ2n) is 5.07. The van der Waals surface area contributed by atoms with E-state index in [1.165, 1.54) is 39.1 Å². The minimum atomic E-state index is 0.396. The van der Waals surface area contributed by atoms with Gasteiger partial charge in [0.2, 0.25) is 0 Å². The molecule has 2 unspecified atom stereocenters. The number of nitrogens with one attached hydrogen (secondary N) is 1. The summed E-state index contributed by atoms with van der Waals surface area (Å²) in [5.41, 5.74) is 0. The summed E-state index contributed by atoms with van der Waals surface area (Å²) in [7, 11) is 2.20. The lowest BCUT2D eigenvalue weighted by Gasteiger charge is -2.32. The number of nitrogens with zero attached hydrogens (tertiary/aromatic N) is 2. The van der Waals surface area contributed by atoms with Crippen molar-refractivity contribution in [3.63, 3.8) is 0 Å². The molecule has 2 atom stereocenters. The third kappa shape index (κ3) is 3.42. The zero-order chi connectivity index (χ0) is 11.4. The molecule has 16 heavy (non-hydrogen) atoms. The summed E-state index contributed by atoms with van der Waals surface area (Å²) in [6, 6.07) is 0.576. The molecule has 1 N–H and O–H groups in total. The van der Waals surface area contributed by atoms with E-state index in [1.807, 2.05) is 0 Å². The molecule has 0 spiro atoms. The number of hydrogen-bond donors (Lipinski definition) is 1. The Labute approximate surface area is 98.9 Å². The van der Waals surface area contributed by atoms with Crippen LogP contribution in [-0.2, 0) is 4.74 Å². The van der Waals surface area contributed by atoms with E-state index in [9.17, 15) is 0 Å². The fourth-order valence-electron chi connectivity index (χ4n) is 2.48. The highest BCUT2D eigenvalue weighted by Crippen LogP contribution is 2.12. The first-order valence-electron chi connectivity index (χ1n) is 6.51. The van der Waals surface area contributed by atoms with E-state index in [0.29, 0.717) is 12.1 Å². The molecule has 0 radical (unpaired) electrons. The summed E-state index contributed by atoms with van der Waals surface area (Å²) in [5.74, 6) is 0. The summed E-state index contributed by atoms with van der Waals surface area (Å²) in [5, 5.41) is 3.61. The van der Waals surface area contributed by atoms with E-state index in [4.69, 9.17) is 4.74 Å². The number of hydrogen-bond acceptors (Lipinski definition) is 4. The largest absolute Gasteiger partial charge is 0.377 e. The highest BCUT2D eigenvalue weighted by atomic mass is 16.5. The van der Waals surface area contributed by atoms with E-state index < -0.39 is 0 Å². The van der Waals surface area contributed by atoms with Gasteiger partial charge in [-0.25, -0.2) is 0 Å². The van der Waals surface area contributed by atoms with Crippen molar-refractivity contribution >= 4 is 0 Å². The van der Waals surface area contributed by atoms with Crippen molar-refractivity contribution < 1.29 is 4.74 Å². The molecule has 0 aromatic carbocycles. The maximum Gasteiger partial charge on any atom is 0.0700 e. The molecule has 0 aromatic rings. The molecule has 94 valence electrons. The number of piperazine rings is 1. The number of likely N-dealkylation sites (N-methyl/N-ethyl adjacent to an activating group) is 1. The summed E-state index contributed by atoms with van der Waals surface area (Å²) in [6.07, 6.45) is 1.57. The third-order valence-electron chi connectivity index (χ3n) is 3.81. The summed E-state index contributed by atoms with van der Waals surface area (Å²) in [4.78, 5) is 4.95. The topological polar surface area (TPSA) is 27.7 Å². The molecule has 2 saturated heterocycles. The molecule has 4 heteroatoms. The van der Waals surface area contributed by atoms with E-state index in [-0.39, 0.29) is 0 Å². The lowest BCUT2D eigenvalue weighted by molar-refractivity contribution is 0.111.